The van der Waals surface area contributed by atoms with Crippen LogP contribution in [-0.4, -0.2) is 22.7 Å². The van der Waals surface area contributed by atoms with Crippen molar-refractivity contribution in [2.45, 2.75) is 32.7 Å². The lowest BCUT2D eigenvalue weighted by molar-refractivity contribution is -0.0247. The standard InChI is InChI=1S/C10H15F2N3O.ClH/c1-6-4-8(7(2)13)14-15-9(6)16-5-10(3,11)12;/h4,7H,5,13H2,1-3H3;1H. The smallest absolute Gasteiger partial charge is 0.278 e. The fourth-order valence-corrected chi connectivity index (χ4v) is 1.05. The van der Waals surface area contributed by atoms with Crippen LogP contribution in [0.3, 0.4) is 0 Å². The molecule has 1 atom stereocenters. The second kappa shape index (κ2) is 6.07. The zero-order valence-corrected chi connectivity index (χ0v) is 10.7. The third kappa shape index (κ3) is 5.23. The summed E-state index contributed by atoms with van der Waals surface area (Å²) >= 11 is 0. The van der Waals surface area contributed by atoms with Crippen LogP contribution in [0, 0.1) is 6.92 Å². The van der Waals surface area contributed by atoms with Gasteiger partial charge in [0.2, 0.25) is 5.88 Å². The lowest BCUT2D eigenvalue weighted by Crippen LogP contribution is -2.22. The van der Waals surface area contributed by atoms with Gasteiger partial charge in [0.25, 0.3) is 5.92 Å². The molecule has 0 aliphatic carbocycles. The third-order valence-corrected chi connectivity index (χ3v) is 1.89. The van der Waals surface area contributed by atoms with Crippen molar-refractivity contribution < 1.29 is 13.5 Å². The van der Waals surface area contributed by atoms with Crippen LogP contribution >= 0.6 is 12.4 Å². The molecule has 0 bridgehead atoms. The molecule has 0 spiro atoms. The van der Waals surface area contributed by atoms with E-state index in [1.807, 2.05) is 0 Å². The number of aromatic nitrogens is 2. The highest BCUT2D eigenvalue weighted by Gasteiger charge is 2.23. The molecule has 0 saturated carbocycles. The first kappa shape index (κ1) is 16.0. The van der Waals surface area contributed by atoms with E-state index in [1.54, 1.807) is 19.9 Å². The number of hydrogen-bond donors (Lipinski definition) is 1. The molecule has 0 radical (unpaired) electrons. The summed E-state index contributed by atoms with van der Waals surface area (Å²) in [5, 5.41) is 7.51. The minimum absolute atomic E-state index is 0. The van der Waals surface area contributed by atoms with Gasteiger partial charge < -0.3 is 10.5 Å². The average molecular weight is 268 g/mol. The number of rotatable bonds is 4. The maximum atomic E-state index is 12.6. The second-order valence-corrected chi connectivity index (χ2v) is 3.90. The summed E-state index contributed by atoms with van der Waals surface area (Å²) in [5.74, 6) is -2.76. The SMILES string of the molecule is Cc1cc(C(C)N)nnc1OCC(C)(F)F.Cl. The van der Waals surface area contributed by atoms with Crippen LogP contribution in [0.4, 0.5) is 8.78 Å². The van der Waals surface area contributed by atoms with Gasteiger partial charge in [0, 0.05) is 18.5 Å². The molecule has 1 unspecified atom stereocenters. The highest BCUT2D eigenvalue weighted by Crippen LogP contribution is 2.19. The van der Waals surface area contributed by atoms with E-state index in [-0.39, 0.29) is 24.3 Å². The van der Waals surface area contributed by atoms with Crippen LogP contribution in [-0.2, 0) is 0 Å². The fourth-order valence-electron chi connectivity index (χ4n) is 1.05. The Morgan fingerprint density at radius 1 is 1.47 bits per heavy atom. The molecule has 2 N–H and O–H groups in total. The molecule has 0 aliphatic rings. The largest absolute Gasteiger partial charge is 0.470 e. The molecule has 1 aromatic rings. The molecule has 0 aliphatic heterocycles. The lowest BCUT2D eigenvalue weighted by Gasteiger charge is -2.13. The summed E-state index contributed by atoms with van der Waals surface area (Å²) in [7, 11) is 0. The monoisotopic (exact) mass is 267 g/mol. The topological polar surface area (TPSA) is 61.0 Å². The number of hydrogen-bond acceptors (Lipinski definition) is 4. The highest BCUT2D eigenvalue weighted by atomic mass is 35.5. The van der Waals surface area contributed by atoms with Gasteiger partial charge >= 0.3 is 0 Å². The van der Waals surface area contributed by atoms with E-state index in [1.165, 1.54) is 0 Å². The quantitative estimate of drug-likeness (QED) is 0.909. The summed E-state index contributed by atoms with van der Waals surface area (Å²) in [6, 6.07) is 1.44. The van der Waals surface area contributed by atoms with Gasteiger partial charge in [-0.1, -0.05) is 0 Å². The Kier molecular flexibility index (Phi) is 5.71. The Morgan fingerprint density at radius 2 is 2.06 bits per heavy atom. The van der Waals surface area contributed by atoms with E-state index >= 15 is 0 Å². The Hall–Kier alpha value is -1.01. The van der Waals surface area contributed by atoms with Crippen molar-refractivity contribution in [2.24, 2.45) is 5.73 Å². The van der Waals surface area contributed by atoms with E-state index in [9.17, 15) is 8.78 Å². The fraction of sp³-hybridized carbons (Fsp3) is 0.600. The first-order valence-electron chi connectivity index (χ1n) is 4.90. The molecule has 4 nitrogen and oxygen atoms in total. The first-order valence-corrected chi connectivity index (χ1v) is 4.90. The summed E-state index contributed by atoms with van der Waals surface area (Å²) in [6.07, 6.45) is 0. The molecule has 7 heteroatoms. The van der Waals surface area contributed by atoms with Crippen molar-refractivity contribution in [2.75, 3.05) is 6.61 Å². The van der Waals surface area contributed by atoms with E-state index in [0.717, 1.165) is 6.92 Å². The molecule has 98 valence electrons. The van der Waals surface area contributed by atoms with Gasteiger partial charge in [0.05, 0.1) is 5.69 Å². The van der Waals surface area contributed by atoms with Gasteiger partial charge in [-0.15, -0.1) is 17.5 Å². The maximum absolute atomic E-state index is 12.6. The second-order valence-electron chi connectivity index (χ2n) is 3.90. The van der Waals surface area contributed by atoms with E-state index in [4.69, 9.17) is 10.5 Å². The van der Waals surface area contributed by atoms with Gasteiger partial charge in [0.1, 0.15) is 0 Å². The number of ether oxygens (including phenoxy) is 1. The zero-order valence-electron chi connectivity index (χ0n) is 9.91. The molecule has 1 heterocycles. The molecule has 0 amide bonds. The van der Waals surface area contributed by atoms with E-state index in [2.05, 4.69) is 10.2 Å². The van der Waals surface area contributed by atoms with Gasteiger partial charge in [-0.2, -0.15) is 5.10 Å². The summed E-state index contributed by atoms with van der Waals surface area (Å²) in [4.78, 5) is 0. The van der Waals surface area contributed by atoms with Crippen molar-refractivity contribution in [1.29, 1.82) is 0 Å². The van der Waals surface area contributed by atoms with Crippen molar-refractivity contribution >= 4 is 12.4 Å². The molecule has 0 aromatic carbocycles. The zero-order chi connectivity index (χ0) is 12.3. The molecule has 0 fully saturated rings. The van der Waals surface area contributed by atoms with Crippen LogP contribution in [0.15, 0.2) is 6.07 Å². The summed E-state index contributed by atoms with van der Waals surface area (Å²) in [5.41, 5.74) is 6.86. The molecule has 1 aromatic heterocycles. The van der Waals surface area contributed by atoms with Gasteiger partial charge in [-0.3, -0.25) is 0 Å². The normalized spacial score (nSPS) is 12.8. The average Bonchev–Trinajstić information content (AvgIpc) is 2.14. The van der Waals surface area contributed by atoms with Gasteiger partial charge in [-0.05, 0) is 19.9 Å². The van der Waals surface area contributed by atoms with Crippen molar-refractivity contribution in [3.05, 3.63) is 17.3 Å². The van der Waals surface area contributed by atoms with Crippen LogP contribution in [0.25, 0.3) is 0 Å². The van der Waals surface area contributed by atoms with Crippen LogP contribution < -0.4 is 10.5 Å². The minimum Gasteiger partial charge on any atom is -0.470 e. The van der Waals surface area contributed by atoms with Crippen molar-refractivity contribution in [3.8, 4) is 5.88 Å². The molecular formula is C10H16ClF2N3O. The predicted octanol–water partition coefficient (Wildman–Crippen LogP) is 2.26. The Bertz CT molecular complexity index is 369. The number of aryl methyl sites for hydroxylation is 1. The maximum Gasteiger partial charge on any atom is 0.278 e. The molecule has 1 rings (SSSR count). The predicted molar refractivity (Wildman–Crippen MR) is 62.7 cm³/mol. The molecule has 17 heavy (non-hydrogen) atoms. The first-order chi connectivity index (χ1) is 7.29. The van der Waals surface area contributed by atoms with Crippen LogP contribution in [0.2, 0.25) is 0 Å². The lowest BCUT2D eigenvalue weighted by atomic mass is 10.2. The molecule has 0 saturated heterocycles. The molecular weight excluding hydrogens is 252 g/mol. The number of nitrogens with two attached hydrogens (primary N) is 1. The Balaban J connectivity index is 0.00000256. The van der Waals surface area contributed by atoms with E-state index < -0.39 is 12.5 Å². The number of halogens is 3. The van der Waals surface area contributed by atoms with Crippen LogP contribution in [0.1, 0.15) is 31.1 Å². The summed E-state index contributed by atoms with van der Waals surface area (Å²) < 4.78 is 30.0. The highest BCUT2D eigenvalue weighted by molar-refractivity contribution is 5.85. The minimum atomic E-state index is -2.88. The Labute approximate surface area is 105 Å². The number of alkyl halides is 2. The van der Waals surface area contributed by atoms with E-state index in [0.29, 0.717) is 11.3 Å². The number of nitrogens with zero attached hydrogens (tertiary/aromatic N) is 2. The van der Waals surface area contributed by atoms with Crippen molar-refractivity contribution in [1.82, 2.24) is 10.2 Å². The summed E-state index contributed by atoms with van der Waals surface area (Å²) in [6.45, 7) is 3.56. The Morgan fingerprint density at radius 3 is 2.47 bits per heavy atom. The van der Waals surface area contributed by atoms with Crippen molar-refractivity contribution in [3.63, 3.8) is 0 Å². The van der Waals surface area contributed by atoms with Gasteiger partial charge in [-0.25, -0.2) is 8.78 Å². The third-order valence-electron chi connectivity index (χ3n) is 1.89. The van der Waals surface area contributed by atoms with Gasteiger partial charge in [0.15, 0.2) is 6.61 Å². The van der Waals surface area contributed by atoms with Crippen LogP contribution in [0.5, 0.6) is 5.88 Å².